The van der Waals surface area contributed by atoms with Gasteiger partial charge in [0.15, 0.2) is 5.16 Å². The molecule has 3 aromatic carbocycles. The van der Waals surface area contributed by atoms with E-state index >= 15 is 0 Å². The van der Waals surface area contributed by atoms with E-state index in [-0.39, 0.29) is 22.5 Å². The van der Waals surface area contributed by atoms with E-state index < -0.39 is 11.4 Å². The number of para-hydroxylation sites is 2. The summed E-state index contributed by atoms with van der Waals surface area (Å²) in [5.41, 5.74) is 1.69. The van der Waals surface area contributed by atoms with E-state index in [4.69, 9.17) is 4.74 Å². The van der Waals surface area contributed by atoms with Gasteiger partial charge >= 0.3 is 0 Å². The smallest absolute Gasteiger partial charge is 0.266 e. The van der Waals surface area contributed by atoms with Crippen molar-refractivity contribution in [3.05, 3.63) is 88.5 Å². The van der Waals surface area contributed by atoms with Gasteiger partial charge in [0, 0.05) is 0 Å². The highest BCUT2D eigenvalue weighted by Crippen LogP contribution is 2.27. The van der Waals surface area contributed by atoms with Gasteiger partial charge in [0.05, 0.1) is 35.1 Å². The number of aromatic nitrogens is 2. The first-order valence-corrected chi connectivity index (χ1v) is 10.8. The van der Waals surface area contributed by atoms with Gasteiger partial charge in [-0.2, -0.15) is 0 Å². The summed E-state index contributed by atoms with van der Waals surface area (Å²) in [6.07, 6.45) is 0. The number of halogens is 1. The number of benzene rings is 3. The molecule has 0 saturated carbocycles. The monoisotopic (exact) mass is 449 g/mol. The second-order valence-corrected chi connectivity index (χ2v) is 7.99. The summed E-state index contributed by atoms with van der Waals surface area (Å²) in [6.45, 7) is 1.91. The van der Waals surface area contributed by atoms with Crippen molar-refractivity contribution >= 4 is 34.3 Å². The van der Waals surface area contributed by atoms with Gasteiger partial charge in [-0.25, -0.2) is 9.37 Å². The van der Waals surface area contributed by atoms with Crippen LogP contribution in [-0.4, -0.2) is 28.3 Å². The van der Waals surface area contributed by atoms with Crippen LogP contribution in [-0.2, 0) is 4.79 Å². The van der Waals surface area contributed by atoms with Crippen LogP contribution in [0.1, 0.15) is 5.56 Å². The third kappa shape index (κ3) is 4.36. The van der Waals surface area contributed by atoms with Crippen molar-refractivity contribution in [3.63, 3.8) is 0 Å². The molecule has 162 valence electrons. The zero-order chi connectivity index (χ0) is 22.7. The second-order valence-electron chi connectivity index (χ2n) is 7.04. The number of amides is 1. The first kappa shape index (κ1) is 21.6. The first-order valence-electron chi connectivity index (χ1n) is 9.82. The number of ether oxygens (including phenoxy) is 1. The predicted octanol–water partition coefficient (Wildman–Crippen LogP) is 4.57. The summed E-state index contributed by atoms with van der Waals surface area (Å²) in [5, 5.41) is 3.42. The van der Waals surface area contributed by atoms with Crippen LogP contribution in [0.25, 0.3) is 16.6 Å². The molecule has 0 bridgehead atoms. The molecule has 0 aliphatic carbocycles. The average Bonchev–Trinajstić information content (AvgIpc) is 2.79. The van der Waals surface area contributed by atoms with Crippen molar-refractivity contribution in [2.24, 2.45) is 0 Å². The third-order valence-electron chi connectivity index (χ3n) is 4.80. The van der Waals surface area contributed by atoms with Crippen molar-refractivity contribution in [2.45, 2.75) is 12.1 Å². The molecule has 6 nitrogen and oxygen atoms in total. The maximum absolute atomic E-state index is 14.6. The molecule has 0 aliphatic rings. The van der Waals surface area contributed by atoms with Gasteiger partial charge in [-0.1, -0.05) is 42.1 Å². The van der Waals surface area contributed by atoms with E-state index in [1.165, 1.54) is 23.8 Å². The van der Waals surface area contributed by atoms with Crippen molar-refractivity contribution in [1.82, 2.24) is 9.55 Å². The van der Waals surface area contributed by atoms with E-state index in [2.05, 4.69) is 10.3 Å². The molecule has 1 amide bonds. The Bertz CT molecular complexity index is 1370. The Hall–Kier alpha value is -3.65. The Kier molecular flexibility index (Phi) is 6.23. The minimum Gasteiger partial charge on any atom is -0.495 e. The highest BCUT2D eigenvalue weighted by molar-refractivity contribution is 7.99. The number of nitrogens with zero attached hydrogens (tertiary/aromatic N) is 2. The summed E-state index contributed by atoms with van der Waals surface area (Å²) in [7, 11) is 1.53. The molecule has 1 N–H and O–H groups in total. The minimum atomic E-state index is -0.553. The molecule has 1 heterocycles. The van der Waals surface area contributed by atoms with Gasteiger partial charge in [-0.15, -0.1) is 0 Å². The van der Waals surface area contributed by atoms with Crippen LogP contribution < -0.4 is 15.6 Å². The molecule has 0 saturated heterocycles. The molecule has 8 heteroatoms. The summed E-state index contributed by atoms with van der Waals surface area (Å²) in [4.78, 5) is 30.4. The number of methoxy groups -OCH3 is 1. The van der Waals surface area contributed by atoms with Crippen LogP contribution in [0.2, 0.25) is 0 Å². The molecule has 4 rings (SSSR count). The van der Waals surface area contributed by atoms with Gasteiger partial charge in [0.1, 0.15) is 11.6 Å². The van der Waals surface area contributed by atoms with Gasteiger partial charge in [-0.05, 0) is 48.9 Å². The Morgan fingerprint density at radius 2 is 1.88 bits per heavy atom. The quantitative estimate of drug-likeness (QED) is 0.345. The number of thioether (sulfide) groups is 1. The van der Waals surface area contributed by atoms with E-state index in [0.29, 0.717) is 22.3 Å². The first-order chi connectivity index (χ1) is 15.5. The Morgan fingerprint density at radius 1 is 1.12 bits per heavy atom. The lowest BCUT2D eigenvalue weighted by Crippen LogP contribution is -2.23. The molecule has 0 atom stereocenters. The van der Waals surface area contributed by atoms with Crippen LogP contribution in [0.4, 0.5) is 10.1 Å². The fourth-order valence-electron chi connectivity index (χ4n) is 3.29. The number of hydrogen-bond donors (Lipinski definition) is 1. The van der Waals surface area contributed by atoms with Gasteiger partial charge in [-0.3, -0.25) is 14.2 Å². The van der Waals surface area contributed by atoms with Gasteiger partial charge in [0.25, 0.3) is 5.56 Å². The SMILES string of the molecule is COc1ccc(C)cc1NC(=O)CSc1nc2ccccc2c(=O)n1-c1ccccc1F. The zero-order valence-corrected chi connectivity index (χ0v) is 18.3. The summed E-state index contributed by atoms with van der Waals surface area (Å²) >= 11 is 1.06. The lowest BCUT2D eigenvalue weighted by atomic mass is 10.2. The average molecular weight is 450 g/mol. The molecule has 0 unspecified atom stereocenters. The maximum Gasteiger partial charge on any atom is 0.266 e. The van der Waals surface area contributed by atoms with Crippen LogP contribution in [0.5, 0.6) is 5.75 Å². The van der Waals surface area contributed by atoms with Crippen molar-refractivity contribution in [1.29, 1.82) is 0 Å². The number of hydrogen-bond acceptors (Lipinski definition) is 5. The molecule has 0 fully saturated rings. The van der Waals surface area contributed by atoms with E-state index in [0.717, 1.165) is 17.3 Å². The minimum absolute atomic E-state index is 0.0314. The molecule has 0 radical (unpaired) electrons. The summed E-state index contributed by atoms with van der Waals surface area (Å²) < 4.78 is 21.1. The lowest BCUT2D eigenvalue weighted by molar-refractivity contribution is -0.113. The van der Waals surface area contributed by atoms with E-state index in [1.54, 1.807) is 42.5 Å². The van der Waals surface area contributed by atoms with Crippen molar-refractivity contribution < 1.29 is 13.9 Å². The number of aryl methyl sites for hydroxylation is 1. The van der Waals surface area contributed by atoms with Crippen LogP contribution in [0.3, 0.4) is 0 Å². The number of nitrogens with one attached hydrogen (secondary N) is 1. The van der Waals surface area contributed by atoms with Crippen LogP contribution in [0.15, 0.2) is 76.7 Å². The zero-order valence-electron chi connectivity index (χ0n) is 17.5. The fraction of sp³-hybridized carbons (Fsp3) is 0.125. The highest BCUT2D eigenvalue weighted by Gasteiger charge is 2.17. The van der Waals surface area contributed by atoms with Crippen molar-refractivity contribution in [2.75, 3.05) is 18.2 Å². The molecule has 0 spiro atoms. The molecule has 0 aliphatic heterocycles. The van der Waals surface area contributed by atoms with E-state index in [1.807, 2.05) is 19.1 Å². The van der Waals surface area contributed by atoms with Crippen LogP contribution >= 0.6 is 11.8 Å². The Labute approximate surface area is 188 Å². The molecular weight excluding hydrogens is 429 g/mol. The summed E-state index contributed by atoms with van der Waals surface area (Å²) in [5.74, 6) is -0.346. The number of fused-ring (bicyclic) bond motifs is 1. The fourth-order valence-corrected chi connectivity index (χ4v) is 4.10. The highest BCUT2D eigenvalue weighted by atomic mass is 32.2. The number of anilines is 1. The van der Waals surface area contributed by atoms with Crippen LogP contribution in [0, 0.1) is 12.7 Å². The normalized spacial score (nSPS) is 10.8. The van der Waals surface area contributed by atoms with Crippen molar-refractivity contribution in [3.8, 4) is 11.4 Å². The second kappa shape index (κ2) is 9.23. The number of rotatable bonds is 6. The summed E-state index contributed by atoms with van der Waals surface area (Å²) in [6, 6.07) is 18.3. The predicted molar refractivity (Wildman–Crippen MR) is 124 cm³/mol. The Balaban J connectivity index is 1.68. The molecule has 1 aromatic heterocycles. The van der Waals surface area contributed by atoms with E-state index in [9.17, 15) is 14.0 Å². The molecule has 32 heavy (non-hydrogen) atoms. The molecular formula is C24H20FN3O3S. The number of carbonyl (C=O) groups excluding carboxylic acids is 1. The largest absolute Gasteiger partial charge is 0.495 e. The topological polar surface area (TPSA) is 73.2 Å². The lowest BCUT2D eigenvalue weighted by Gasteiger charge is -2.14. The van der Waals surface area contributed by atoms with Gasteiger partial charge in [0.2, 0.25) is 5.91 Å². The number of carbonyl (C=O) groups is 1. The third-order valence-corrected chi connectivity index (χ3v) is 5.74. The van der Waals surface area contributed by atoms with Gasteiger partial charge < -0.3 is 10.1 Å². The Morgan fingerprint density at radius 3 is 2.66 bits per heavy atom. The maximum atomic E-state index is 14.6. The molecule has 4 aromatic rings. The standard InChI is InChI=1S/C24H20FN3O3S/c1-15-11-12-21(31-2)19(13-15)26-22(29)14-32-24-27-18-9-5-3-7-16(18)23(30)28(24)20-10-6-4-8-17(20)25/h3-13H,14H2,1-2H3,(H,26,29).